The summed E-state index contributed by atoms with van der Waals surface area (Å²) in [5, 5.41) is 11.0. The lowest BCUT2D eigenvalue weighted by Gasteiger charge is -2.27. The number of furan rings is 3. The smallest absolute Gasteiger partial charge is 0.159 e. The first-order valence-electron chi connectivity index (χ1n) is 23.9. The van der Waals surface area contributed by atoms with Gasteiger partial charge in [0.1, 0.15) is 22.3 Å². The van der Waals surface area contributed by atoms with Gasteiger partial charge in [0, 0.05) is 60.8 Å². The van der Waals surface area contributed by atoms with Gasteiger partial charge in [0.15, 0.2) is 11.2 Å². The van der Waals surface area contributed by atoms with E-state index in [-0.39, 0.29) is 10.8 Å². The lowest BCUT2D eigenvalue weighted by Crippen LogP contribution is -2.13. The van der Waals surface area contributed by atoms with E-state index in [0.717, 1.165) is 121 Å². The average molecular weight is 895 g/mol. The van der Waals surface area contributed by atoms with Crippen molar-refractivity contribution in [2.45, 2.75) is 52.4 Å². The number of para-hydroxylation sites is 4. The highest BCUT2D eigenvalue weighted by Gasteiger charge is 2.25. The standard InChI is InChI=1S/C64H50N2O3/c1-63(2,3)39-25-29-41(30-26-39)65(54-21-13-19-49-46-16-9-11-23-56(46)67-60(49)54)43-33-35-51-53(37-43)45-15-7-8-18-48(45)59-52-36-34-44(38-58(52)69-62(51)59)66(42-31-27-40(28-32-42)64(4,5)6)55-22-14-20-50-47-17-10-12-24-57(47)68-61(50)55/h7-38H,1-6H3. The second kappa shape index (κ2) is 15.1. The molecule has 0 spiro atoms. The summed E-state index contributed by atoms with van der Waals surface area (Å²) in [5.41, 5.74) is 13.7. The number of rotatable bonds is 6. The van der Waals surface area contributed by atoms with E-state index in [9.17, 15) is 0 Å². The molecule has 0 unspecified atom stereocenters. The topological polar surface area (TPSA) is 45.9 Å². The van der Waals surface area contributed by atoms with Crippen molar-refractivity contribution in [1.82, 2.24) is 0 Å². The number of hydrogen-bond donors (Lipinski definition) is 0. The van der Waals surface area contributed by atoms with Gasteiger partial charge in [-0.15, -0.1) is 0 Å². The quantitative estimate of drug-likeness (QED) is 0.156. The van der Waals surface area contributed by atoms with E-state index in [1.54, 1.807) is 0 Å². The zero-order valence-electron chi connectivity index (χ0n) is 39.6. The van der Waals surface area contributed by atoms with Crippen LogP contribution in [0.25, 0.3) is 87.4 Å². The summed E-state index contributed by atoms with van der Waals surface area (Å²) in [5.74, 6) is 0. The first kappa shape index (κ1) is 41.0. The average Bonchev–Trinajstić information content (AvgIpc) is 4.07. The van der Waals surface area contributed by atoms with Crippen LogP contribution in [0.5, 0.6) is 0 Å². The molecule has 13 rings (SSSR count). The molecule has 3 aromatic heterocycles. The molecule has 5 heteroatoms. The summed E-state index contributed by atoms with van der Waals surface area (Å²) in [7, 11) is 0. The fourth-order valence-electron chi connectivity index (χ4n) is 10.6. The van der Waals surface area contributed by atoms with Crippen molar-refractivity contribution in [3.8, 4) is 0 Å². The van der Waals surface area contributed by atoms with E-state index in [1.165, 1.54) is 11.1 Å². The predicted molar refractivity (Wildman–Crippen MR) is 290 cm³/mol. The van der Waals surface area contributed by atoms with Crippen LogP contribution in [0.1, 0.15) is 52.7 Å². The molecular formula is C64H50N2O3. The molecule has 0 radical (unpaired) electrons. The third kappa shape index (κ3) is 6.52. The number of hydrogen-bond acceptors (Lipinski definition) is 5. The largest absolute Gasteiger partial charge is 0.455 e. The molecule has 0 fully saturated rings. The Kier molecular flexibility index (Phi) is 8.97. The van der Waals surface area contributed by atoms with Crippen molar-refractivity contribution in [2.75, 3.05) is 9.80 Å². The van der Waals surface area contributed by atoms with Crippen molar-refractivity contribution < 1.29 is 13.3 Å². The van der Waals surface area contributed by atoms with E-state index in [1.807, 2.05) is 24.3 Å². The lowest BCUT2D eigenvalue weighted by atomic mass is 9.87. The van der Waals surface area contributed by atoms with Gasteiger partial charge in [-0.3, -0.25) is 0 Å². The molecule has 0 N–H and O–H groups in total. The second-order valence-electron chi connectivity index (χ2n) is 20.5. The van der Waals surface area contributed by atoms with Crippen molar-refractivity contribution in [2.24, 2.45) is 0 Å². The van der Waals surface area contributed by atoms with E-state index in [4.69, 9.17) is 13.3 Å². The van der Waals surface area contributed by atoms with Crippen LogP contribution in [0.4, 0.5) is 34.1 Å². The lowest BCUT2D eigenvalue weighted by molar-refractivity contribution is 0.590. The molecule has 0 saturated carbocycles. The van der Waals surface area contributed by atoms with E-state index in [0.29, 0.717) is 0 Å². The van der Waals surface area contributed by atoms with Crippen molar-refractivity contribution >= 4 is 121 Å². The van der Waals surface area contributed by atoms with Crippen LogP contribution in [0.15, 0.2) is 207 Å². The number of fused-ring (bicyclic) bond motifs is 14. The van der Waals surface area contributed by atoms with Gasteiger partial charge in [-0.1, -0.05) is 151 Å². The summed E-state index contributed by atoms with van der Waals surface area (Å²) in [4.78, 5) is 4.64. The van der Waals surface area contributed by atoms with Gasteiger partial charge in [-0.25, -0.2) is 0 Å². The van der Waals surface area contributed by atoms with Crippen LogP contribution < -0.4 is 9.80 Å². The van der Waals surface area contributed by atoms with E-state index < -0.39 is 0 Å². The maximum Gasteiger partial charge on any atom is 0.159 e. The highest BCUT2D eigenvalue weighted by molar-refractivity contribution is 6.31. The molecule has 3 heterocycles. The number of nitrogens with zero attached hydrogens (tertiary/aromatic N) is 2. The minimum atomic E-state index is 0.0141. The molecule has 5 nitrogen and oxygen atoms in total. The maximum atomic E-state index is 7.16. The van der Waals surface area contributed by atoms with Gasteiger partial charge in [-0.05, 0) is 117 Å². The summed E-state index contributed by atoms with van der Waals surface area (Å²) in [6.07, 6.45) is 0. The van der Waals surface area contributed by atoms with E-state index >= 15 is 0 Å². The van der Waals surface area contributed by atoms with E-state index in [2.05, 4.69) is 221 Å². The third-order valence-electron chi connectivity index (χ3n) is 14.2. The molecule has 334 valence electrons. The Morgan fingerprint density at radius 3 is 1.22 bits per heavy atom. The Hall–Kier alpha value is -8.28. The van der Waals surface area contributed by atoms with Crippen molar-refractivity contribution in [3.63, 3.8) is 0 Å². The number of benzene rings is 10. The Morgan fingerprint density at radius 1 is 0.290 bits per heavy atom. The zero-order chi connectivity index (χ0) is 46.8. The van der Waals surface area contributed by atoms with Gasteiger partial charge in [-0.2, -0.15) is 0 Å². The Bertz CT molecular complexity index is 4160. The monoisotopic (exact) mass is 894 g/mol. The SMILES string of the molecule is CC(C)(C)c1ccc(N(c2ccc3c(c2)oc2c4ccc(N(c5ccc(C(C)(C)C)cc5)c5cccc6c5oc5ccccc56)cc4c4ccccc4c32)c2cccc3c2oc2ccccc23)cc1. The van der Waals surface area contributed by atoms with Crippen LogP contribution in [-0.2, 0) is 10.8 Å². The molecule has 0 bridgehead atoms. The predicted octanol–water partition coefficient (Wildman–Crippen LogP) is 19.2. The highest BCUT2D eigenvalue weighted by Crippen LogP contribution is 2.48. The molecule has 0 atom stereocenters. The van der Waals surface area contributed by atoms with Gasteiger partial charge in [0.25, 0.3) is 0 Å². The second-order valence-corrected chi connectivity index (χ2v) is 20.5. The van der Waals surface area contributed by atoms with Gasteiger partial charge in [0.2, 0.25) is 0 Å². The molecule has 0 saturated heterocycles. The Labute approximate surface area is 400 Å². The summed E-state index contributed by atoms with van der Waals surface area (Å²) >= 11 is 0. The van der Waals surface area contributed by atoms with Gasteiger partial charge >= 0.3 is 0 Å². The minimum Gasteiger partial charge on any atom is -0.455 e. The summed E-state index contributed by atoms with van der Waals surface area (Å²) in [6, 6.07) is 69.6. The Morgan fingerprint density at radius 2 is 0.696 bits per heavy atom. The normalized spacial score (nSPS) is 12.5. The molecule has 13 aromatic rings. The van der Waals surface area contributed by atoms with Gasteiger partial charge < -0.3 is 23.1 Å². The van der Waals surface area contributed by atoms with Crippen LogP contribution >= 0.6 is 0 Å². The van der Waals surface area contributed by atoms with Crippen LogP contribution in [0.3, 0.4) is 0 Å². The molecular weight excluding hydrogens is 845 g/mol. The van der Waals surface area contributed by atoms with Crippen molar-refractivity contribution in [3.05, 3.63) is 205 Å². The van der Waals surface area contributed by atoms with Crippen LogP contribution in [0.2, 0.25) is 0 Å². The van der Waals surface area contributed by atoms with Crippen LogP contribution in [0, 0.1) is 0 Å². The maximum absolute atomic E-state index is 7.16. The fourth-order valence-corrected chi connectivity index (χ4v) is 10.6. The van der Waals surface area contributed by atoms with Crippen LogP contribution in [-0.4, -0.2) is 0 Å². The highest BCUT2D eigenvalue weighted by atomic mass is 16.3. The zero-order valence-corrected chi connectivity index (χ0v) is 39.6. The molecule has 0 amide bonds. The molecule has 0 aliphatic heterocycles. The van der Waals surface area contributed by atoms with Gasteiger partial charge in [0.05, 0.1) is 17.1 Å². The molecule has 69 heavy (non-hydrogen) atoms. The van der Waals surface area contributed by atoms with Crippen molar-refractivity contribution in [1.29, 1.82) is 0 Å². The summed E-state index contributed by atoms with van der Waals surface area (Å²) in [6.45, 7) is 13.5. The first-order chi connectivity index (χ1) is 33.5. The molecule has 0 aliphatic rings. The minimum absolute atomic E-state index is 0.0141. The number of anilines is 6. The summed E-state index contributed by atoms with van der Waals surface area (Å²) < 4.78 is 20.5. The first-order valence-corrected chi connectivity index (χ1v) is 23.9. The third-order valence-corrected chi connectivity index (χ3v) is 14.2. The molecule has 0 aliphatic carbocycles. The Balaban J connectivity index is 1.02. The fraction of sp³-hybridized carbons (Fsp3) is 0.125. The molecule has 10 aromatic carbocycles.